The van der Waals surface area contributed by atoms with Crippen LogP contribution in [0.3, 0.4) is 0 Å². The van der Waals surface area contributed by atoms with Crippen molar-refractivity contribution < 1.29 is 19.0 Å². The normalized spacial score (nSPS) is 22.7. The average molecular weight is 376 g/mol. The number of benzene rings is 1. The second-order valence-electron chi connectivity index (χ2n) is 7.96. The van der Waals surface area contributed by atoms with Crippen LogP contribution in [0.1, 0.15) is 39.2 Å². The number of hydrogen-bond donors (Lipinski definition) is 0. The third kappa shape index (κ3) is 4.55. The first-order chi connectivity index (χ1) is 12.8. The van der Waals surface area contributed by atoms with Gasteiger partial charge in [0.05, 0.1) is 19.8 Å². The highest BCUT2D eigenvalue weighted by Gasteiger charge is 2.34. The van der Waals surface area contributed by atoms with E-state index < -0.39 is 5.79 Å². The summed E-state index contributed by atoms with van der Waals surface area (Å²) in [7, 11) is 3.85. The fraction of sp³-hybridized carbons (Fsp3) is 0.667. The predicted octanol–water partition coefficient (Wildman–Crippen LogP) is 2.84. The van der Waals surface area contributed by atoms with E-state index in [2.05, 4.69) is 18.0 Å². The molecular formula is C21H32N2O4. The van der Waals surface area contributed by atoms with E-state index in [1.807, 2.05) is 30.9 Å². The first kappa shape index (κ1) is 20.0. The first-order valence-electron chi connectivity index (χ1n) is 9.76. The van der Waals surface area contributed by atoms with Crippen molar-refractivity contribution >= 4 is 11.6 Å². The molecule has 6 heteroatoms. The maximum Gasteiger partial charge on any atom is 0.219 e. The van der Waals surface area contributed by atoms with Crippen LogP contribution < -0.4 is 9.64 Å². The molecule has 0 aromatic heterocycles. The minimum Gasteiger partial charge on any atom is -0.496 e. The van der Waals surface area contributed by atoms with Gasteiger partial charge in [-0.05, 0) is 38.8 Å². The number of carbonyl (C=O) groups is 1. The Bertz CT molecular complexity index is 668. The van der Waals surface area contributed by atoms with E-state index in [0.29, 0.717) is 12.6 Å². The topological polar surface area (TPSA) is 51.2 Å². The number of rotatable bonds is 5. The maximum atomic E-state index is 11.6. The van der Waals surface area contributed by atoms with Gasteiger partial charge in [-0.2, -0.15) is 0 Å². The third-order valence-electron chi connectivity index (χ3n) is 5.66. The van der Waals surface area contributed by atoms with E-state index in [1.165, 1.54) is 5.69 Å². The summed E-state index contributed by atoms with van der Waals surface area (Å²) in [4.78, 5) is 15.9. The monoisotopic (exact) mass is 376 g/mol. The van der Waals surface area contributed by atoms with Crippen LogP contribution in [0.15, 0.2) is 18.2 Å². The Kier molecular flexibility index (Phi) is 5.96. The average Bonchev–Trinajstić information content (AvgIpc) is 3.00. The van der Waals surface area contributed by atoms with Crippen molar-refractivity contribution in [3.05, 3.63) is 23.8 Å². The molecule has 3 rings (SSSR count). The van der Waals surface area contributed by atoms with Crippen molar-refractivity contribution in [1.82, 2.24) is 4.90 Å². The zero-order chi connectivity index (χ0) is 19.6. The zero-order valence-corrected chi connectivity index (χ0v) is 17.2. The third-order valence-corrected chi connectivity index (χ3v) is 5.66. The van der Waals surface area contributed by atoms with Gasteiger partial charge in [0, 0.05) is 50.8 Å². The van der Waals surface area contributed by atoms with Gasteiger partial charge in [0.2, 0.25) is 5.91 Å². The minimum atomic E-state index is -0.529. The molecule has 2 heterocycles. The molecule has 0 spiro atoms. The second-order valence-corrected chi connectivity index (χ2v) is 7.96. The van der Waals surface area contributed by atoms with Gasteiger partial charge >= 0.3 is 0 Å². The summed E-state index contributed by atoms with van der Waals surface area (Å²) in [6.07, 6.45) is 2.72. The lowest BCUT2D eigenvalue weighted by Crippen LogP contribution is -2.45. The van der Waals surface area contributed by atoms with Gasteiger partial charge in [-0.3, -0.25) is 4.79 Å². The molecule has 0 bridgehead atoms. The van der Waals surface area contributed by atoms with Gasteiger partial charge in [-0.25, -0.2) is 0 Å². The summed E-state index contributed by atoms with van der Waals surface area (Å²) in [5, 5.41) is 0. The lowest BCUT2D eigenvalue weighted by molar-refractivity contribution is -0.138. The van der Waals surface area contributed by atoms with E-state index in [-0.39, 0.29) is 12.0 Å². The van der Waals surface area contributed by atoms with Gasteiger partial charge < -0.3 is 24.0 Å². The molecule has 1 aromatic carbocycles. The number of ether oxygens (including phenoxy) is 3. The minimum absolute atomic E-state index is 0.0167. The van der Waals surface area contributed by atoms with Crippen molar-refractivity contribution in [3.63, 3.8) is 0 Å². The van der Waals surface area contributed by atoms with E-state index in [0.717, 1.165) is 43.7 Å². The Morgan fingerprint density at radius 3 is 2.59 bits per heavy atom. The smallest absolute Gasteiger partial charge is 0.219 e. The molecule has 0 saturated carbocycles. The fourth-order valence-corrected chi connectivity index (χ4v) is 4.14. The molecule has 1 aromatic rings. The molecule has 0 aliphatic carbocycles. The summed E-state index contributed by atoms with van der Waals surface area (Å²) < 4.78 is 17.4. The molecule has 1 amide bonds. The molecule has 27 heavy (non-hydrogen) atoms. The molecule has 6 nitrogen and oxygen atoms in total. The summed E-state index contributed by atoms with van der Waals surface area (Å²) in [5.41, 5.74) is 2.33. The largest absolute Gasteiger partial charge is 0.496 e. The van der Waals surface area contributed by atoms with Crippen molar-refractivity contribution in [2.45, 2.75) is 58.0 Å². The van der Waals surface area contributed by atoms with E-state index >= 15 is 0 Å². The number of methoxy groups -OCH3 is 1. The highest BCUT2D eigenvalue weighted by Crippen LogP contribution is 2.35. The van der Waals surface area contributed by atoms with Crippen LogP contribution in [0.4, 0.5) is 5.69 Å². The van der Waals surface area contributed by atoms with Crippen LogP contribution >= 0.6 is 0 Å². The maximum absolute atomic E-state index is 11.6. The second kappa shape index (κ2) is 8.07. The first-order valence-corrected chi connectivity index (χ1v) is 9.76. The van der Waals surface area contributed by atoms with Gasteiger partial charge in [0.1, 0.15) is 5.75 Å². The Hall–Kier alpha value is -1.79. The van der Waals surface area contributed by atoms with Gasteiger partial charge in [0.25, 0.3) is 0 Å². The molecule has 150 valence electrons. The lowest BCUT2D eigenvalue weighted by Gasteiger charge is -2.38. The highest BCUT2D eigenvalue weighted by molar-refractivity contribution is 5.73. The lowest BCUT2D eigenvalue weighted by atomic mass is 9.99. The SMILES string of the molecule is COc1cccc(N(C)C2CCN(C(C)=O)CC2)c1CC1COC(C)(C)O1. The highest BCUT2D eigenvalue weighted by atomic mass is 16.7. The number of hydrogen-bond acceptors (Lipinski definition) is 5. The summed E-state index contributed by atoms with van der Waals surface area (Å²) >= 11 is 0. The van der Waals surface area contributed by atoms with Crippen LogP contribution in [0, 0.1) is 0 Å². The van der Waals surface area contributed by atoms with E-state index in [4.69, 9.17) is 14.2 Å². The Morgan fingerprint density at radius 2 is 2.04 bits per heavy atom. The van der Waals surface area contributed by atoms with Crippen LogP contribution in [-0.4, -0.2) is 62.6 Å². The number of likely N-dealkylation sites (tertiary alicyclic amines) is 1. The predicted molar refractivity (Wildman–Crippen MR) is 105 cm³/mol. The summed E-state index contributed by atoms with van der Waals surface area (Å²) in [6.45, 7) is 7.77. The summed E-state index contributed by atoms with van der Waals surface area (Å²) in [5.74, 6) is 0.520. The van der Waals surface area contributed by atoms with E-state index in [9.17, 15) is 4.79 Å². The Balaban J connectivity index is 1.77. The van der Waals surface area contributed by atoms with Crippen LogP contribution in [0.25, 0.3) is 0 Å². The van der Waals surface area contributed by atoms with Crippen molar-refractivity contribution in [1.29, 1.82) is 0 Å². The Labute approximate surface area is 162 Å². The quantitative estimate of drug-likeness (QED) is 0.791. The summed E-state index contributed by atoms with van der Waals surface area (Å²) in [6, 6.07) is 6.60. The number of nitrogens with zero attached hydrogens (tertiary/aromatic N) is 2. The molecular weight excluding hydrogens is 344 g/mol. The zero-order valence-electron chi connectivity index (χ0n) is 17.2. The van der Waals surface area contributed by atoms with Crippen molar-refractivity contribution in [2.24, 2.45) is 0 Å². The van der Waals surface area contributed by atoms with Crippen LogP contribution in [0.5, 0.6) is 5.75 Å². The van der Waals surface area contributed by atoms with Gasteiger partial charge in [-0.15, -0.1) is 0 Å². The van der Waals surface area contributed by atoms with Crippen LogP contribution in [0.2, 0.25) is 0 Å². The number of carbonyl (C=O) groups excluding carboxylic acids is 1. The van der Waals surface area contributed by atoms with Gasteiger partial charge in [-0.1, -0.05) is 6.07 Å². The molecule has 2 fully saturated rings. The van der Waals surface area contributed by atoms with Crippen molar-refractivity contribution in [3.8, 4) is 5.75 Å². The number of amides is 1. The molecule has 1 atom stereocenters. The fourth-order valence-electron chi connectivity index (χ4n) is 4.14. The molecule has 0 radical (unpaired) electrons. The molecule has 2 aliphatic heterocycles. The molecule has 2 saturated heterocycles. The van der Waals surface area contributed by atoms with E-state index in [1.54, 1.807) is 14.0 Å². The Morgan fingerprint density at radius 1 is 1.33 bits per heavy atom. The van der Waals surface area contributed by atoms with Crippen LogP contribution in [-0.2, 0) is 20.7 Å². The number of piperidine rings is 1. The number of anilines is 1. The van der Waals surface area contributed by atoms with Gasteiger partial charge in [0.15, 0.2) is 5.79 Å². The standard InChI is InChI=1S/C21H32N2O4/c1-15(24)23-11-9-16(10-12-23)22(4)19-7-6-8-20(25-5)18(19)13-17-14-26-21(2,3)27-17/h6-8,16-17H,9-14H2,1-5H3. The molecule has 2 aliphatic rings. The van der Waals surface area contributed by atoms with Crippen molar-refractivity contribution in [2.75, 3.05) is 38.8 Å². The molecule has 1 unspecified atom stereocenters. The molecule has 0 N–H and O–H groups in total.